The Morgan fingerprint density at radius 3 is 3.08 bits per heavy atom. The summed E-state index contributed by atoms with van der Waals surface area (Å²) >= 11 is 1.89. The Morgan fingerprint density at radius 1 is 1.69 bits per heavy atom. The Kier molecular flexibility index (Phi) is 4.42. The van der Waals surface area contributed by atoms with E-state index >= 15 is 0 Å². The highest BCUT2D eigenvalue weighted by molar-refractivity contribution is 7.99. The van der Waals surface area contributed by atoms with Crippen molar-refractivity contribution in [2.75, 3.05) is 24.6 Å². The molecule has 1 N–H and O–H groups in total. The van der Waals surface area contributed by atoms with Gasteiger partial charge in [0.1, 0.15) is 0 Å². The van der Waals surface area contributed by atoms with Crippen molar-refractivity contribution in [3.8, 4) is 0 Å². The molecule has 1 aliphatic heterocycles. The van der Waals surface area contributed by atoms with Gasteiger partial charge in [-0.25, -0.2) is 4.79 Å². The molecule has 1 heterocycles. The predicted molar refractivity (Wildman–Crippen MR) is 57.2 cm³/mol. The van der Waals surface area contributed by atoms with Gasteiger partial charge in [0.2, 0.25) is 0 Å². The van der Waals surface area contributed by atoms with Gasteiger partial charge in [0, 0.05) is 24.9 Å². The van der Waals surface area contributed by atoms with Crippen LogP contribution < -0.4 is 5.32 Å². The molecule has 1 fully saturated rings. The molecule has 0 aromatic rings. The van der Waals surface area contributed by atoms with Crippen LogP contribution in [-0.4, -0.2) is 41.6 Å². The summed E-state index contributed by atoms with van der Waals surface area (Å²) in [5.41, 5.74) is 0. The summed E-state index contributed by atoms with van der Waals surface area (Å²) in [6.07, 6.45) is 1.08. The first kappa shape index (κ1) is 10.7. The highest BCUT2D eigenvalue weighted by atomic mass is 32.2. The summed E-state index contributed by atoms with van der Waals surface area (Å²) in [7, 11) is 0. The van der Waals surface area contributed by atoms with Crippen molar-refractivity contribution < 1.29 is 4.79 Å². The van der Waals surface area contributed by atoms with Crippen molar-refractivity contribution in [2.24, 2.45) is 0 Å². The Bertz CT molecular complexity index is 175. The summed E-state index contributed by atoms with van der Waals surface area (Å²) < 4.78 is 0. The van der Waals surface area contributed by atoms with Crippen LogP contribution in [0.1, 0.15) is 20.3 Å². The van der Waals surface area contributed by atoms with Crippen molar-refractivity contribution >= 4 is 17.8 Å². The molecule has 13 heavy (non-hydrogen) atoms. The number of hydrogen-bond donors (Lipinski definition) is 1. The van der Waals surface area contributed by atoms with E-state index in [1.54, 1.807) is 0 Å². The molecule has 1 atom stereocenters. The molecule has 0 aliphatic carbocycles. The van der Waals surface area contributed by atoms with Gasteiger partial charge in [-0.3, -0.25) is 0 Å². The number of thioether (sulfide) groups is 1. The topological polar surface area (TPSA) is 32.3 Å². The van der Waals surface area contributed by atoms with E-state index in [2.05, 4.69) is 19.2 Å². The highest BCUT2D eigenvalue weighted by Gasteiger charge is 2.22. The van der Waals surface area contributed by atoms with Crippen LogP contribution in [-0.2, 0) is 0 Å². The lowest BCUT2D eigenvalue weighted by Crippen LogP contribution is -2.51. The third-order valence-electron chi connectivity index (χ3n) is 2.21. The van der Waals surface area contributed by atoms with Gasteiger partial charge in [0.05, 0.1) is 0 Å². The minimum absolute atomic E-state index is 0.107. The molecular weight excluding hydrogens is 184 g/mol. The highest BCUT2D eigenvalue weighted by Crippen LogP contribution is 2.10. The van der Waals surface area contributed by atoms with Crippen LogP contribution in [0.15, 0.2) is 0 Å². The van der Waals surface area contributed by atoms with Gasteiger partial charge >= 0.3 is 6.03 Å². The first-order valence-corrected chi connectivity index (χ1v) is 6.03. The minimum atomic E-state index is 0.107. The standard InChI is InChI=1S/C9H18N2OS/c1-3-13-7-8(2)11-6-4-5-10-9(11)12/h8H,3-7H2,1-2H3,(H,10,12). The maximum atomic E-state index is 11.4. The summed E-state index contributed by atoms with van der Waals surface area (Å²) in [4.78, 5) is 13.3. The Balaban J connectivity index is 2.34. The fourth-order valence-electron chi connectivity index (χ4n) is 1.45. The zero-order chi connectivity index (χ0) is 9.68. The molecule has 1 saturated heterocycles. The number of urea groups is 1. The molecule has 0 aromatic heterocycles. The van der Waals surface area contributed by atoms with Gasteiger partial charge in [-0.15, -0.1) is 0 Å². The molecule has 1 aliphatic rings. The van der Waals surface area contributed by atoms with E-state index in [0.29, 0.717) is 6.04 Å². The second-order valence-corrected chi connectivity index (χ2v) is 4.61. The SMILES string of the molecule is CCSCC(C)N1CCCNC1=O. The molecular formula is C9H18N2OS. The number of nitrogens with zero attached hydrogens (tertiary/aromatic N) is 1. The fraction of sp³-hybridized carbons (Fsp3) is 0.889. The molecule has 0 spiro atoms. The normalized spacial score (nSPS) is 19.8. The number of nitrogens with one attached hydrogen (secondary N) is 1. The summed E-state index contributed by atoms with van der Waals surface area (Å²) in [5, 5.41) is 2.87. The number of amides is 2. The molecule has 3 nitrogen and oxygen atoms in total. The predicted octanol–water partition coefficient (Wildman–Crippen LogP) is 1.54. The molecule has 2 amide bonds. The monoisotopic (exact) mass is 202 g/mol. The maximum Gasteiger partial charge on any atom is 0.317 e. The van der Waals surface area contributed by atoms with E-state index in [0.717, 1.165) is 31.0 Å². The number of rotatable bonds is 4. The van der Waals surface area contributed by atoms with Crippen molar-refractivity contribution in [3.63, 3.8) is 0 Å². The van der Waals surface area contributed by atoms with Crippen LogP contribution in [0.25, 0.3) is 0 Å². The fourth-order valence-corrected chi connectivity index (χ4v) is 2.20. The zero-order valence-electron chi connectivity index (χ0n) is 8.38. The van der Waals surface area contributed by atoms with Crippen molar-refractivity contribution in [1.82, 2.24) is 10.2 Å². The van der Waals surface area contributed by atoms with Crippen LogP contribution in [0.4, 0.5) is 4.79 Å². The lowest BCUT2D eigenvalue weighted by molar-refractivity contribution is 0.171. The van der Waals surface area contributed by atoms with Gasteiger partial charge in [-0.05, 0) is 19.1 Å². The molecule has 0 saturated carbocycles. The van der Waals surface area contributed by atoms with E-state index in [4.69, 9.17) is 0 Å². The van der Waals surface area contributed by atoms with Crippen molar-refractivity contribution in [1.29, 1.82) is 0 Å². The summed E-state index contributed by atoms with van der Waals surface area (Å²) in [6, 6.07) is 0.473. The largest absolute Gasteiger partial charge is 0.338 e. The number of carbonyl (C=O) groups excluding carboxylic acids is 1. The van der Waals surface area contributed by atoms with E-state index < -0.39 is 0 Å². The van der Waals surface area contributed by atoms with Crippen LogP contribution in [0.5, 0.6) is 0 Å². The quantitative estimate of drug-likeness (QED) is 0.750. The second-order valence-electron chi connectivity index (χ2n) is 3.29. The lowest BCUT2D eigenvalue weighted by Gasteiger charge is -2.32. The smallest absolute Gasteiger partial charge is 0.317 e. The van der Waals surface area contributed by atoms with Gasteiger partial charge in [-0.2, -0.15) is 11.8 Å². The first-order valence-electron chi connectivity index (χ1n) is 4.88. The molecule has 76 valence electrons. The Morgan fingerprint density at radius 2 is 2.46 bits per heavy atom. The zero-order valence-corrected chi connectivity index (χ0v) is 9.19. The van der Waals surface area contributed by atoms with Crippen LogP contribution in [0.2, 0.25) is 0 Å². The molecule has 1 unspecified atom stereocenters. The van der Waals surface area contributed by atoms with Gasteiger partial charge in [0.15, 0.2) is 0 Å². The third-order valence-corrected chi connectivity index (χ3v) is 3.33. The summed E-state index contributed by atoms with van der Waals surface area (Å²) in [5.74, 6) is 2.17. The Labute approximate surface area is 84.2 Å². The second kappa shape index (κ2) is 5.37. The van der Waals surface area contributed by atoms with Gasteiger partial charge in [0.25, 0.3) is 0 Å². The van der Waals surface area contributed by atoms with Crippen LogP contribution in [0.3, 0.4) is 0 Å². The average Bonchev–Trinajstić information content (AvgIpc) is 2.15. The number of hydrogen-bond acceptors (Lipinski definition) is 2. The van der Waals surface area contributed by atoms with Gasteiger partial charge < -0.3 is 10.2 Å². The molecule has 4 heteroatoms. The minimum Gasteiger partial charge on any atom is -0.338 e. The van der Waals surface area contributed by atoms with Crippen molar-refractivity contribution in [3.05, 3.63) is 0 Å². The van der Waals surface area contributed by atoms with E-state index in [1.807, 2.05) is 16.7 Å². The van der Waals surface area contributed by atoms with E-state index in [-0.39, 0.29) is 6.03 Å². The molecule has 0 bridgehead atoms. The van der Waals surface area contributed by atoms with E-state index in [1.165, 1.54) is 0 Å². The van der Waals surface area contributed by atoms with E-state index in [9.17, 15) is 4.79 Å². The average molecular weight is 202 g/mol. The van der Waals surface area contributed by atoms with Crippen LogP contribution >= 0.6 is 11.8 Å². The number of carbonyl (C=O) groups is 1. The maximum absolute atomic E-state index is 11.4. The Hall–Kier alpha value is -0.380. The summed E-state index contributed by atoms with van der Waals surface area (Å²) in [6.45, 7) is 6.02. The van der Waals surface area contributed by atoms with Crippen molar-refractivity contribution in [2.45, 2.75) is 26.3 Å². The first-order chi connectivity index (χ1) is 6.25. The molecule has 1 rings (SSSR count). The lowest BCUT2D eigenvalue weighted by atomic mass is 10.2. The van der Waals surface area contributed by atoms with Crippen LogP contribution in [0, 0.1) is 0 Å². The van der Waals surface area contributed by atoms with Gasteiger partial charge in [-0.1, -0.05) is 6.92 Å². The molecule has 0 radical (unpaired) electrons. The molecule has 0 aromatic carbocycles. The third kappa shape index (κ3) is 3.10.